The third kappa shape index (κ3) is 4.16. The molecule has 124 valence electrons. The third-order valence-corrected chi connectivity index (χ3v) is 4.02. The van der Waals surface area contributed by atoms with E-state index in [-0.39, 0.29) is 18.6 Å². The van der Waals surface area contributed by atoms with Crippen LogP contribution in [0, 0.1) is 5.92 Å². The average molecular weight is 320 g/mol. The number of hydrogen-bond donors (Lipinski definition) is 1. The summed E-state index contributed by atoms with van der Waals surface area (Å²) in [6.45, 7) is 5.06. The molecular formula is C17H20O6. The first kappa shape index (κ1) is 17.1. The largest absolute Gasteiger partial charge is 0.461 e. The van der Waals surface area contributed by atoms with Crippen LogP contribution >= 0.6 is 0 Å². The highest BCUT2D eigenvalue weighted by Crippen LogP contribution is 2.34. The van der Waals surface area contributed by atoms with Gasteiger partial charge in [-0.25, -0.2) is 4.79 Å². The average Bonchev–Trinajstić information content (AvgIpc) is 2.77. The van der Waals surface area contributed by atoms with Gasteiger partial charge in [0.2, 0.25) is 0 Å². The smallest absolute Gasteiger partial charge is 0.334 e. The Hall–Kier alpha value is -2.21. The molecule has 0 saturated carbocycles. The Morgan fingerprint density at radius 3 is 2.96 bits per heavy atom. The highest BCUT2D eigenvalue weighted by molar-refractivity contribution is 5.91. The quantitative estimate of drug-likeness (QED) is 0.364. The molecular weight excluding hydrogens is 300 g/mol. The van der Waals surface area contributed by atoms with Crippen LogP contribution in [0.3, 0.4) is 0 Å². The van der Waals surface area contributed by atoms with Gasteiger partial charge in [-0.1, -0.05) is 18.7 Å². The van der Waals surface area contributed by atoms with Crippen LogP contribution in [0.4, 0.5) is 0 Å². The number of aliphatic hydroxyl groups is 1. The molecule has 1 aliphatic heterocycles. The van der Waals surface area contributed by atoms with Crippen molar-refractivity contribution < 1.29 is 29.0 Å². The molecule has 6 heteroatoms. The molecule has 0 radical (unpaired) electrons. The highest BCUT2D eigenvalue weighted by atomic mass is 16.6. The summed E-state index contributed by atoms with van der Waals surface area (Å²) >= 11 is 0. The van der Waals surface area contributed by atoms with Crippen LogP contribution < -0.4 is 0 Å². The molecule has 0 amide bonds. The number of carbonyl (C=O) groups excluding carboxylic acids is 3. The van der Waals surface area contributed by atoms with Gasteiger partial charge >= 0.3 is 11.9 Å². The van der Waals surface area contributed by atoms with Crippen LogP contribution in [-0.2, 0) is 23.9 Å². The zero-order valence-corrected chi connectivity index (χ0v) is 13.0. The molecule has 0 aromatic heterocycles. The lowest BCUT2D eigenvalue weighted by atomic mass is 9.85. The van der Waals surface area contributed by atoms with E-state index < -0.39 is 30.1 Å². The predicted octanol–water partition coefficient (Wildman–Crippen LogP) is 1.24. The van der Waals surface area contributed by atoms with Gasteiger partial charge in [0.05, 0.1) is 12.0 Å². The van der Waals surface area contributed by atoms with Crippen LogP contribution in [-0.4, -0.2) is 42.1 Å². The molecule has 1 heterocycles. The van der Waals surface area contributed by atoms with E-state index in [1.807, 2.05) is 0 Å². The second-order valence-corrected chi connectivity index (χ2v) is 5.73. The van der Waals surface area contributed by atoms with Crippen LogP contribution in [0.1, 0.15) is 26.2 Å². The van der Waals surface area contributed by atoms with Crippen molar-refractivity contribution in [3.8, 4) is 0 Å². The Morgan fingerprint density at radius 2 is 2.30 bits per heavy atom. The second kappa shape index (κ2) is 7.37. The maximum absolute atomic E-state index is 11.7. The maximum Gasteiger partial charge on any atom is 0.334 e. The van der Waals surface area contributed by atoms with Gasteiger partial charge in [-0.05, 0) is 24.0 Å². The van der Waals surface area contributed by atoms with Gasteiger partial charge in [0.1, 0.15) is 19.0 Å². The van der Waals surface area contributed by atoms with E-state index in [9.17, 15) is 19.5 Å². The molecule has 0 spiro atoms. The van der Waals surface area contributed by atoms with Crippen molar-refractivity contribution in [1.29, 1.82) is 0 Å². The first-order valence-corrected chi connectivity index (χ1v) is 7.47. The minimum atomic E-state index is -0.990. The molecule has 2 aliphatic rings. The van der Waals surface area contributed by atoms with Crippen molar-refractivity contribution in [1.82, 2.24) is 0 Å². The number of fused-ring (bicyclic) bond motifs is 1. The van der Waals surface area contributed by atoms with Crippen LogP contribution in [0.5, 0.6) is 0 Å². The summed E-state index contributed by atoms with van der Waals surface area (Å²) in [4.78, 5) is 33.9. The normalized spacial score (nSPS) is 32.7. The van der Waals surface area contributed by atoms with Crippen molar-refractivity contribution in [3.05, 3.63) is 35.5 Å². The highest BCUT2D eigenvalue weighted by Gasteiger charge is 2.42. The Labute approximate surface area is 134 Å². The maximum atomic E-state index is 11.7. The summed E-state index contributed by atoms with van der Waals surface area (Å²) in [5.74, 6) is -1.59. The molecule has 3 atom stereocenters. The Morgan fingerprint density at radius 1 is 1.57 bits per heavy atom. The second-order valence-electron chi connectivity index (χ2n) is 5.73. The van der Waals surface area contributed by atoms with Crippen molar-refractivity contribution in [3.63, 3.8) is 0 Å². The summed E-state index contributed by atoms with van der Waals surface area (Å²) < 4.78 is 10.2. The van der Waals surface area contributed by atoms with E-state index in [0.717, 1.165) is 11.9 Å². The molecule has 1 aliphatic carbocycles. The zero-order chi connectivity index (χ0) is 17.0. The molecule has 1 fully saturated rings. The number of allylic oxidation sites excluding steroid dienone is 1. The fourth-order valence-corrected chi connectivity index (χ4v) is 2.84. The predicted molar refractivity (Wildman–Crippen MR) is 81.2 cm³/mol. The van der Waals surface area contributed by atoms with E-state index in [0.29, 0.717) is 18.4 Å². The summed E-state index contributed by atoms with van der Waals surface area (Å²) in [5, 5.41) is 10.5. The first-order valence-electron chi connectivity index (χ1n) is 7.47. The minimum Gasteiger partial charge on any atom is -0.461 e. The van der Waals surface area contributed by atoms with Crippen LogP contribution in [0.25, 0.3) is 0 Å². The van der Waals surface area contributed by atoms with Crippen molar-refractivity contribution in [2.24, 2.45) is 5.92 Å². The lowest BCUT2D eigenvalue weighted by Crippen LogP contribution is -2.29. The lowest BCUT2D eigenvalue weighted by Gasteiger charge is -2.23. The number of carbonyl (C=O) groups is 3. The topological polar surface area (TPSA) is 89.9 Å². The van der Waals surface area contributed by atoms with Gasteiger partial charge in [0, 0.05) is 18.9 Å². The number of aliphatic hydroxyl groups excluding tert-OH is 1. The summed E-state index contributed by atoms with van der Waals surface area (Å²) in [7, 11) is 0. The van der Waals surface area contributed by atoms with E-state index >= 15 is 0 Å². The first-order chi connectivity index (χ1) is 10.9. The van der Waals surface area contributed by atoms with Crippen molar-refractivity contribution in [2.45, 2.75) is 38.4 Å². The molecule has 0 aromatic carbocycles. The molecule has 0 aromatic rings. The van der Waals surface area contributed by atoms with E-state index in [1.54, 1.807) is 12.2 Å². The number of hydrogen-bond acceptors (Lipinski definition) is 6. The number of rotatable bonds is 3. The fraction of sp³-hybridized carbons (Fsp3) is 0.471. The van der Waals surface area contributed by atoms with Crippen molar-refractivity contribution in [2.75, 3.05) is 6.61 Å². The molecule has 0 bridgehead atoms. The third-order valence-electron chi connectivity index (χ3n) is 4.02. The molecule has 1 N–H and O–H groups in total. The van der Waals surface area contributed by atoms with Gasteiger partial charge in [0.25, 0.3) is 0 Å². The number of aldehydes is 1. The molecule has 23 heavy (non-hydrogen) atoms. The zero-order valence-electron chi connectivity index (χ0n) is 13.0. The standard InChI is InChI=1S/C17H20O6/c1-10-16-14(20)6-13(9-22-11(2)19)5-3-4-12(8-18)7-15(16)23-17(10)21/h4,6,8,14-16,20H,1,3,5,7,9H2,2H3/b12-4+,13-6-/t14-,15-,16-/m0/s1. The van der Waals surface area contributed by atoms with Crippen molar-refractivity contribution >= 4 is 18.2 Å². The SMILES string of the molecule is C=C1C(=O)O[C@H]2C/C(C=O)=C\CC/C(COC(C)=O)=C/[C@H](O)[C@H]12. The fourth-order valence-electron chi connectivity index (χ4n) is 2.84. The Balaban J connectivity index is 2.29. The van der Waals surface area contributed by atoms with Crippen LogP contribution in [0.2, 0.25) is 0 Å². The molecule has 0 unspecified atom stereocenters. The minimum absolute atomic E-state index is 0.0648. The molecule has 2 rings (SSSR count). The molecule has 1 saturated heterocycles. The van der Waals surface area contributed by atoms with E-state index in [1.165, 1.54) is 6.92 Å². The monoisotopic (exact) mass is 320 g/mol. The molecule has 6 nitrogen and oxygen atoms in total. The van der Waals surface area contributed by atoms with E-state index in [2.05, 4.69) is 6.58 Å². The summed E-state index contributed by atoms with van der Waals surface area (Å²) in [6.07, 6.45) is 3.85. The Kier molecular flexibility index (Phi) is 5.50. The lowest BCUT2D eigenvalue weighted by molar-refractivity contribution is -0.140. The van der Waals surface area contributed by atoms with Gasteiger partial charge < -0.3 is 14.6 Å². The van der Waals surface area contributed by atoms with Gasteiger partial charge in [-0.3, -0.25) is 9.59 Å². The summed E-state index contributed by atoms with van der Waals surface area (Å²) in [5.41, 5.74) is 1.43. The van der Waals surface area contributed by atoms with Gasteiger partial charge in [-0.2, -0.15) is 0 Å². The Bertz CT molecular complexity index is 586. The van der Waals surface area contributed by atoms with Gasteiger partial charge in [-0.15, -0.1) is 0 Å². The van der Waals surface area contributed by atoms with Crippen LogP contribution in [0.15, 0.2) is 35.5 Å². The van der Waals surface area contributed by atoms with E-state index in [4.69, 9.17) is 9.47 Å². The number of esters is 2. The summed E-state index contributed by atoms with van der Waals surface area (Å²) in [6, 6.07) is 0. The number of ether oxygens (including phenoxy) is 2. The van der Waals surface area contributed by atoms with Gasteiger partial charge in [0.15, 0.2) is 0 Å².